The summed E-state index contributed by atoms with van der Waals surface area (Å²) in [6, 6.07) is 23.3. The molecule has 0 aliphatic heterocycles. The van der Waals surface area contributed by atoms with E-state index in [9.17, 15) is 9.59 Å². The minimum absolute atomic E-state index is 0.101. The van der Waals surface area contributed by atoms with Crippen LogP contribution < -0.4 is 14.8 Å². The van der Waals surface area contributed by atoms with Gasteiger partial charge in [0.05, 0.1) is 19.8 Å². The molecule has 0 aliphatic carbocycles. The highest BCUT2D eigenvalue weighted by atomic mass is 16.5. The number of nitrogens with one attached hydrogen (secondary N) is 1. The number of nitrogens with zero attached hydrogens (tertiary/aromatic N) is 3. The Balaban J connectivity index is 1.29. The second-order valence-electron chi connectivity index (χ2n) is 9.74. The summed E-state index contributed by atoms with van der Waals surface area (Å²) in [6.07, 6.45) is 6.59. The summed E-state index contributed by atoms with van der Waals surface area (Å²) in [5, 5.41) is 2.93. The van der Waals surface area contributed by atoms with Gasteiger partial charge >= 0.3 is 0 Å². The lowest BCUT2D eigenvalue weighted by atomic mass is 10.1. The Morgan fingerprint density at radius 2 is 1.54 bits per heavy atom. The van der Waals surface area contributed by atoms with E-state index in [1.165, 1.54) is 18.0 Å². The molecule has 2 amide bonds. The molecule has 0 atom stereocenters. The number of carbonyl (C=O) groups is 2. The number of aromatic nitrogens is 2. The van der Waals surface area contributed by atoms with Crippen molar-refractivity contribution in [2.24, 2.45) is 0 Å². The third kappa shape index (κ3) is 8.14. The molecule has 3 aromatic carbocycles. The average Bonchev–Trinajstić information content (AvgIpc) is 3.03. The van der Waals surface area contributed by atoms with E-state index in [0.29, 0.717) is 53.5 Å². The van der Waals surface area contributed by atoms with Crippen molar-refractivity contribution >= 4 is 11.8 Å². The van der Waals surface area contributed by atoms with Gasteiger partial charge in [0.25, 0.3) is 11.8 Å². The summed E-state index contributed by atoms with van der Waals surface area (Å²) < 4.78 is 10.7. The number of methoxy groups -OCH3 is 2. The summed E-state index contributed by atoms with van der Waals surface area (Å²) in [5.41, 5.74) is 3.99. The molecule has 0 saturated carbocycles. The van der Waals surface area contributed by atoms with E-state index in [1.54, 1.807) is 38.3 Å². The van der Waals surface area contributed by atoms with Crippen molar-refractivity contribution < 1.29 is 19.1 Å². The van der Waals surface area contributed by atoms with E-state index < -0.39 is 0 Å². The van der Waals surface area contributed by atoms with Gasteiger partial charge in [-0.2, -0.15) is 0 Å². The van der Waals surface area contributed by atoms with E-state index in [1.807, 2.05) is 48.5 Å². The Bertz CT molecular complexity index is 1440. The summed E-state index contributed by atoms with van der Waals surface area (Å²) in [7, 11) is 4.98. The predicted octanol–water partition coefficient (Wildman–Crippen LogP) is 5.23. The fraction of sp³-hybridized carbons (Fsp3) is 0.273. The van der Waals surface area contributed by atoms with E-state index in [-0.39, 0.29) is 11.8 Å². The van der Waals surface area contributed by atoms with Crippen molar-refractivity contribution in [1.29, 1.82) is 0 Å². The summed E-state index contributed by atoms with van der Waals surface area (Å²) in [5.74, 6) is 1.48. The average molecular weight is 553 g/mol. The van der Waals surface area contributed by atoms with Gasteiger partial charge in [-0.1, -0.05) is 48.5 Å². The zero-order valence-corrected chi connectivity index (χ0v) is 23.8. The fourth-order valence-electron chi connectivity index (χ4n) is 4.44. The first-order chi connectivity index (χ1) is 20.0. The van der Waals surface area contributed by atoms with Crippen LogP contribution >= 0.6 is 0 Å². The molecule has 0 saturated heterocycles. The first kappa shape index (κ1) is 29.3. The van der Waals surface area contributed by atoms with Gasteiger partial charge in [-0.05, 0) is 61.1 Å². The number of rotatable bonds is 13. The van der Waals surface area contributed by atoms with Crippen molar-refractivity contribution in [1.82, 2.24) is 20.2 Å². The number of benzene rings is 3. The van der Waals surface area contributed by atoms with Crippen LogP contribution in [0, 0.1) is 0 Å². The third-order valence-corrected chi connectivity index (χ3v) is 6.83. The number of hydrogen-bond donors (Lipinski definition) is 1. The molecule has 0 spiro atoms. The molecule has 0 fully saturated rings. The summed E-state index contributed by atoms with van der Waals surface area (Å²) in [6.45, 7) is 1.13. The SMILES string of the molecule is COc1ccc(CCN(C)C(=O)c2cccc(-c3ncc(C(=O)NCCCCc4ccccc4)cn3)c2)cc1OC. The van der Waals surface area contributed by atoms with E-state index in [4.69, 9.17) is 9.47 Å². The van der Waals surface area contributed by atoms with Gasteiger partial charge in [-0.25, -0.2) is 9.97 Å². The van der Waals surface area contributed by atoms with Crippen LogP contribution in [0.25, 0.3) is 11.4 Å². The standard InChI is InChI=1S/C33H36N4O4/c1-37(19-17-25-15-16-29(40-2)30(20-25)41-3)33(39)27-14-9-13-26(21-27)31-35-22-28(23-36-31)32(38)34-18-8-7-12-24-10-5-4-6-11-24/h4-6,9-11,13-16,20-23H,7-8,12,17-19H2,1-3H3,(H,34,38). The van der Waals surface area contributed by atoms with Gasteiger partial charge < -0.3 is 19.7 Å². The van der Waals surface area contributed by atoms with Crippen molar-refractivity contribution in [2.45, 2.75) is 25.7 Å². The molecule has 1 N–H and O–H groups in total. The Morgan fingerprint density at radius 1 is 0.780 bits per heavy atom. The van der Waals surface area contributed by atoms with Crippen LogP contribution in [-0.2, 0) is 12.8 Å². The van der Waals surface area contributed by atoms with Gasteiger partial charge in [0, 0.05) is 43.7 Å². The number of likely N-dealkylation sites (N-methyl/N-ethyl adjacent to an activating group) is 1. The molecule has 1 aromatic heterocycles. The van der Waals surface area contributed by atoms with Crippen molar-refractivity contribution in [3.63, 3.8) is 0 Å². The molecule has 0 bridgehead atoms. The highest BCUT2D eigenvalue weighted by molar-refractivity contribution is 5.95. The summed E-state index contributed by atoms with van der Waals surface area (Å²) >= 11 is 0. The first-order valence-electron chi connectivity index (χ1n) is 13.7. The minimum Gasteiger partial charge on any atom is -0.493 e. The zero-order valence-electron chi connectivity index (χ0n) is 23.8. The number of amides is 2. The zero-order chi connectivity index (χ0) is 29.0. The lowest BCUT2D eigenvalue weighted by molar-refractivity contribution is 0.0796. The molecule has 8 nitrogen and oxygen atoms in total. The lowest BCUT2D eigenvalue weighted by Crippen LogP contribution is -2.28. The van der Waals surface area contributed by atoms with Crippen molar-refractivity contribution in [3.8, 4) is 22.9 Å². The van der Waals surface area contributed by atoms with Crippen molar-refractivity contribution in [2.75, 3.05) is 34.4 Å². The minimum atomic E-state index is -0.198. The number of unbranched alkanes of at least 4 members (excludes halogenated alkanes) is 1. The lowest BCUT2D eigenvalue weighted by Gasteiger charge is -2.18. The monoisotopic (exact) mass is 552 g/mol. The van der Waals surface area contributed by atoms with Crippen LogP contribution in [0.4, 0.5) is 0 Å². The normalized spacial score (nSPS) is 10.6. The van der Waals surface area contributed by atoms with Crippen molar-refractivity contribution in [3.05, 3.63) is 107 Å². The number of aryl methyl sites for hydroxylation is 1. The highest BCUT2D eigenvalue weighted by Gasteiger charge is 2.15. The fourth-order valence-corrected chi connectivity index (χ4v) is 4.44. The number of carbonyl (C=O) groups excluding carboxylic acids is 2. The molecule has 4 aromatic rings. The Morgan fingerprint density at radius 3 is 2.27 bits per heavy atom. The molecule has 8 heteroatoms. The Hall–Kier alpha value is -4.72. The van der Waals surface area contributed by atoms with Gasteiger partial charge in [-0.15, -0.1) is 0 Å². The molecule has 41 heavy (non-hydrogen) atoms. The second kappa shape index (κ2) is 14.6. The molecule has 4 rings (SSSR count). The topological polar surface area (TPSA) is 93.7 Å². The number of hydrogen-bond acceptors (Lipinski definition) is 6. The van der Waals surface area contributed by atoms with Gasteiger partial charge in [0.1, 0.15) is 0 Å². The quantitative estimate of drug-likeness (QED) is 0.228. The predicted molar refractivity (Wildman–Crippen MR) is 159 cm³/mol. The van der Waals surface area contributed by atoms with E-state index in [0.717, 1.165) is 24.8 Å². The van der Waals surface area contributed by atoms with Crippen LogP contribution in [0.1, 0.15) is 44.7 Å². The molecule has 0 aliphatic rings. The second-order valence-corrected chi connectivity index (χ2v) is 9.74. The van der Waals surface area contributed by atoms with E-state index in [2.05, 4.69) is 27.4 Å². The molecular weight excluding hydrogens is 516 g/mol. The smallest absolute Gasteiger partial charge is 0.254 e. The molecule has 0 unspecified atom stereocenters. The molecule has 0 radical (unpaired) electrons. The van der Waals surface area contributed by atoms with Crippen LogP contribution in [0.3, 0.4) is 0 Å². The molecule has 212 valence electrons. The largest absolute Gasteiger partial charge is 0.493 e. The van der Waals surface area contributed by atoms with Crippen LogP contribution in [0.5, 0.6) is 11.5 Å². The van der Waals surface area contributed by atoms with Crippen LogP contribution in [0.15, 0.2) is 85.2 Å². The highest BCUT2D eigenvalue weighted by Crippen LogP contribution is 2.27. The Kier molecular flexibility index (Phi) is 10.4. The Labute approximate surface area is 241 Å². The maximum atomic E-state index is 13.1. The summed E-state index contributed by atoms with van der Waals surface area (Å²) in [4.78, 5) is 36.1. The maximum absolute atomic E-state index is 13.1. The molecular formula is C33H36N4O4. The van der Waals surface area contributed by atoms with Gasteiger partial charge in [0.15, 0.2) is 17.3 Å². The van der Waals surface area contributed by atoms with Crippen LogP contribution in [0.2, 0.25) is 0 Å². The maximum Gasteiger partial charge on any atom is 0.254 e. The molecule has 1 heterocycles. The van der Waals surface area contributed by atoms with Crippen LogP contribution in [-0.4, -0.2) is 61.0 Å². The first-order valence-corrected chi connectivity index (χ1v) is 13.7. The van der Waals surface area contributed by atoms with E-state index >= 15 is 0 Å². The van der Waals surface area contributed by atoms with Gasteiger partial charge in [0.2, 0.25) is 0 Å². The van der Waals surface area contributed by atoms with Gasteiger partial charge in [-0.3, -0.25) is 9.59 Å². The number of ether oxygens (including phenoxy) is 2. The third-order valence-electron chi connectivity index (χ3n) is 6.83.